The van der Waals surface area contributed by atoms with Gasteiger partial charge in [-0.25, -0.2) is 4.39 Å². The number of aliphatic hydroxyl groups is 1. The van der Waals surface area contributed by atoms with E-state index in [4.69, 9.17) is 23.2 Å². The van der Waals surface area contributed by atoms with Crippen LogP contribution in [-0.4, -0.2) is 5.11 Å². The quantitative estimate of drug-likeness (QED) is 0.867. The van der Waals surface area contributed by atoms with Crippen LogP contribution in [0.2, 0.25) is 10.0 Å². The Labute approximate surface area is 115 Å². The maximum atomic E-state index is 13.2. The molecule has 0 radical (unpaired) electrons. The third kappa shape index (κ3) is 2.51. The molecule has 2 aromatic carbocycles. The van der Waals surface area contributed by atoms with Crippen molar-refractivity contribution in [3.8, 4) is 0 Å². The zero-order valence-electron chi connectivity index (χ0n) is 9.62. The molecule has 1 atom stereocenters. The minimum Gasteiger partial charge on any atom is -0.381 e. The predicted octanol–water partition coefficient (Wildman–Crippen LogP) is 4.39. The average Bonchev–Trinajstić information content (AvgIpc) is 2.32. The van der Waals surface area contributed by atoms with Crippen LogP contribution >= 0.6 is 23.2 Å². The normalized spacial score (nSPS) is 14.3. The average molecular weight is 285 g/mol. The Balaban J connectivity index is 2.57. The van der Waals surface area contributed by atoms with E-state index in [1.165, 1.54) is 18.2 Å². The van der Waals surface area contributed by atoms with Gasteiger partial charge in [0.1, 0.15) is 11.4 Å². The molecule has 0 saturated heterocycles. The van der Waals surface area contributed by atoms with E-state index in [2.05, 4.69) is 0 Å². The van der Waals surface area contributed by atoms with Gasteiger partial charge in [-0.2, -0.15) is 0 Å². The number of hydrogen-bond donors (Lipinski definition) is 1. The summed E-state index contributed by atoms with van der Waals surface area (Å²) in [6, 6.07) is 10.6. The second-order valence-electron chi connectivity index (χ2n) is 4.21. The van der Waals surface area contributed by atoms with Crippen LogP contribution in [0.25, 0.3) is 0 Å². The molecule has 0 spiro atoms. The van der Waals surface area contributed by atoms with Crippen molar-refractivity contribution in [2.75, 3.05) is 0 Å². The van der Waals surface area contributed by atoms with Gasteiger partial charge < -0.3 is 5.11 Å². The summed E-state index contributed by atoms with van der Waals surface area (Å²) in [4.78, 5) is 0. The van der Waals surface area contributed by atoms with E-state index in [-0.39, 0.29) is 0 Å². The van der Waals surface area contributed by atoms with Gasteiger partial charge in [-0.15, -0.1) is 0 Å². The van der Waals surface area contributed by atoms with Gasteiger partial charge in [0, 0.05) is 15.6 Å². The molecule has 1 unspecified atom stereocenters. The summed E-state index contributed by atoms with van der Waals surface area (Å²) in [5, 5.41) is 11.4. The molecule has 18 heavy (non-hydrogen) atoms. The molecule has 2 aromatic rings. The first-order valence-electron chi connectivity index (χ1n) is 5.35. The van der Waals surface area contributed by atoms with E-state index in [1.807, 2.05) is 0 Å². The van der Waals surface area contributed by atoms with Crippen molar-refractivity contribution < 1.29 is 9.50 Å². The summed E-state index contributed by atoms with van der Waals surface area (Å²) in [7, 11) is 0. The van der Waals surface area contributed by atoms with E-state index in [1.54, 1.807) is 31.2 Å². The second kappa shape index (κ2) is 4.88. The van der Waals surface area contributed by atoms with Crippen molar-refractivity contribution >= 4 is 23.2 Å². The number of hydrogen-bond acceptors (Lipinski definition) is 1. The van der Waals surface area contributed by atoms with Crippen LogP contribution in [0.5, 0.6) is 0 Å². The molecule has 2 rings (SSSR count). The van der Waals surface area contributed by atoms with E-state index < -0.39 is 11.4 Å². The van der Waals surface area contributed by atoms with Gasteiger partial charge in [0.05, 0.1) is 0 Å². The van der Waals surface area contributed by atoms with Gasteiger partial charge in [0.25, 0.3) is 0 Å². The van der Waals surface area contributed by atoms with Crippen LogP contribution in [-0.2, 0) is 5.60 Å². The topological polar surface area (TPSA) is 20.2 Å². The zero-order chi connectivity index (χ0) is 13.3. The highest BCUT2D eigenvalue weighted by atomic mass is 35.5. The molecule has 0 aliphatic carbocycles. The molecule has 1 N–H and O–H groups in total. The lowest BCUT2D eigenvalue weighted by atomic mass is 9.88. The van der Waals surface area contributed by atoms with Crippen molar-refractivity contribution in [1.29, 1.82) is 0 Å². The van der Waals surface area contributed by atoms with Crippen molar-refractivity contribution in [2.45, 2.75) is 12.5 Å². The number of benzene rings is 2. The minimum atomic E-state index is -1.40. The number of rotatable bonds is 2. The highest BCUT2D eigenvalue weighted by molar-refractivity contribution is 6.33. The largest absolute Gasteiger partial charge is 0.381 e. The van der Waals surface area contributed by atoms with Crippen molar-refractivity contribution in [1.82, 2.24) is 0 Å². The predicted molar refractivity (Wildman–Crippen MR) is 71.5 cm³/mol. The van der Waals surface area contributed by atoms with Gasteiger partial charge >= 0.3 is 0 Å². The Morgan fingerprint density at radius 3 is 2.50 bits per heavy atom. The molecule has 0 saturated carbocycles. The lowest BCUT2D eigenvalue weighted by Gasteiger charge is -2.25. The van der Waals surface area contributed by atoms with E-state index >= 15 is 0 Å². The van der Waals surface area contributed by atoms with Gasteiger partial charge in [0.15, 0.2) is 0 Å². The first-order chi connectivity index (χ1) is 8.41. The SMILES string of the molecule is CC(O)(c1cccc(F)c1)c1cc(Cl)ccc1Cl. The molecule has 94 valence electrons. The van der Waals surface area contributed by atoms with Crippen LogP contribution in [0, 0.1) is 5.82 Å². The monoisotopic (exact) mass is 284 g/mol. The van der Waals surface area contributed by atoms with E-state index in [0.717, 1.165) is 0 Å². The van der Waals surface area contributed by atoms with Crippen LogP contribution < -0.4 is 0 Å². The summed E-state index contributed by atoms with van der Waals surface area (Å²) < 4.78 is 13.2. The standard InChI is InChI=1S/C14H11Cl2FO/c1-14(18,9-3-2-4-11(17)7-9)12-8-10(15)5-6-13(12)16/h2-8,18H,1H3. The molecular weight excluding hydrogens is 274 g/mol. The second-order valence-corrected chi connectivity index (χ2v) is 5.05. The fraction of sp³-hybridized carbons (Fsp3) is 0.143. The smallest absolute Gasteiger partial charge is 0.123 e. The molecule has 0 amide bonds. The van der Waals surface area contributed by atoms with E-state index in [9.17, 15) is 9.50 Å². The van der Waals surface area contributed by atoms with Crippen LogP contribution in [0.1, 0.15) is 18.1 Å². The van der Waals surface area contributed by atoms with Crippen LogP contribution in [0.15, 0.2) is 42.5 Å². The Kier molecular flexibility index (Phi) is 3.62. The summed E-state index contributed by atoms with van der Waals surface area (Å²) in [6.07, 6.45) is 0. The van der Waals surface area contributed by atoms with Crippen molar-refractivity contribution in [3.63, 3.8) is 0 Å². The minimum absolute atomic E-state index is 0.383. The lowest BCUT2D eigenvalue weighted by molar-refractivity contribution is 0.102. The molecule has 0 aliphatic rings. The first-order valence-corrected chi connectivity index (χ1v) is 6.11. The van der Waals surface area contributed by atoms with E-state index in [0.29, 0.717) is 21.2 Å². The maximum absolute atomic E-state index is 13.2. The summed E-state index contributed by atoms with van der Waals surface area (Å²) in [5.74, 6) is -0.411. The highest BCUT2D eigenvalue weighted by Gasteiger charge is 2.28. The van der Waals surface area contributed by atoms with Gasteiger partial charge in [-0.1, -0.05) is 35.3 Å². The Hall–Kier alpha value is -1.09. The Morgan fingerprint density at radius 1 is 1.11 bits per heavy atom. The van der Waals surface area contributed by atoms with Gasteiger partial charge in [0.2, 0.25) is 0 Å². The van der Waals surface area contributed by atoms with Crippen molar-refractivity contribution in [3.05, 3.63) is 69.5 Å². The fourth-order valence-electron chi connectivity index (χ4n) is 1.82. The number of halogens is 3. The van der Waals surface area contributed by atoms with Crippen molar-refractivity contribution in [2.24, 2.45) is 0 Å². The molecule has 4 heteroatoms. The zero-order valence-corrected chi connectivity index (χ0v) is 11.1. The molecular formula is C14H11Cl2FO. The van der Waals surface area contributed by atoms with Crippen LogP contribution in [0.3, 0.4) is 0 Å². The summed E-state index contributed by atoms with van der Waals surface area (Å²) in [5.41, 5.74) is -0.529. The molecule has 0 heterocycles. The highest BCUT2D eigenvalue weighted by Crippen LogP contribution is 2.35. The Bertz CT molecular complexity index is 582. The molecule has 0 aliphatic heterocycles. The van der Waals surface area contributed by atoms with Gasteiger partial charge in [-0.05, 0) is 42.8 Å². The first kappa shape index (κ1) is 13.3. The fourth-order valence-corrected chi connectivity index (χ4v) is 2.29. The van der Waals surface area contributed by atoms with Crippen LogP contribution in [0.4, 0.5) is 4.39 Å². The van der Waals surface area contributed by atoms with Gasteiger partial charge in [-0.3, -0.25) is 0 Å². The molecule has 0 fully saturated rings. The lowest BCUT2D eigenvalue weighted by Crippen LogP contribution is -2.23. The Morgan fingerprint density at radius 2 is 1.83 bits per heavy atom. The molecule has 0 bridgehead atoms. The maximum Gasteiger partial charge on any atom is 0.123 e. The molecule has 1 nitrogen and oxygen atoms in total. The molecule has 0 aromatic heterocycles. The summed E-state index contributed by atoms with van der Waals surface area (Å²) in [6.45, 7) is 1.55. The third-order valence-corrected chi connectivity index (χ3v) is 3.40. The third-order valence-electron chi connectivity index (χ3n) is 2.84. The summed E-state index contributed by atoms with van der Waals surface area (Å²) >= 11 is 12.0.